The lowest BCUT2D eigenvalue weighted by atomic mass is 10.2. The Morgan fingerprint density at radius 2 is 1.94 bits per heavy atom. The fourth-order valence-corrected chi connectivity index (χ4v) is 2.26. The molecule has 0 spiro atoms. The molecule has 0 radical (unpaired) electrons. The highest BCUT2D eigenvalue weighted by molar-refractivity contribution is 5.95. The van der Waals surface area contributed by atoms with Gasteiger partial charge in [0.25, 0.3) is 0 Å². The zero-order valence-electron chi connectivity index (χ0n) is 10.7. The Morgan fingerprint density at radius 1 is 1.28 bits per heavy atom. The van der Waals surface area contributed by atoms with Gasteiger partial charge in [0.1, 0.15) is 17.2 Å². The molecule has 1 aliphatic heterocycles. The van der Waals surface area contributed by atoms with Crippen LogP contribution in [-0.4, -0.2) is 31.2 Å². The standard InChI is InChI=1S/C13H19N3O2/c1-18-13(17)10-6-7-11(14)15-12(10)16-8-4-2-3-5-9-16/h6-7H,2-5,8-9H2,1H3,(H2,14,15). The van der Waals surface area contributed by atoms with Crippen molar-refractivity contribution in [2.75, 3.05) is 30.8 Å². The van der Waals surface area contributed by atoms with Crippen molar-refractivity contribution in [3.05, 3.63) is 17.7 Å². The van der Waals surface area contributed by atoms with Crippen LogP contribution in [0.3, 0.4) is 0 Å². The third-order valence-corrected chi connectivity index (χ3v) is 3.21. The minimum atomic E-state index is -0.359. The summed E-state index contributed by atoms with van der Waals surface area (Å²) >= 11 is 0. The van der Waals surface area contributed by atoms with Crippen molar-refractivity contribution >= 4 is 17.6 Å². The summed E-state index contributed by atoms with van der Waals surface area (Å²) in [6, 6.07) is 3.32. The number of nitrogen functional groups attached to an aromatic ring is 1. The highest BCUT2D eigenvalue weighted by atomic mass is 16.5. The molecule has 0 unspecified atom stereocenters. The fourth-order valence-electron chi connectivity index (χ4n) is 2.26. The number of ether oxygens (including phenoxy) is 1. The van der Waals surface area contributed by atoms with Gasteiger partial charge < -0.3 is 15.4 Å². The minimum Gasteiger partial charge on any atom is -0.465 e. The van der Waals surface area contributed by atoms with Crippen LogP contribution < -0.4 is 10.6 Å². The van der Waals surface area contributed by atoms with Crippen molar-refractivity contribution in [1.29, 1.82) is 0 Å². The van der Waals surface area contributed by atoms with Gasteiger partial charge in [-0.3, -0.25) is 0 Å². The number of pyridine rings is 1. The first-order valence-corrected chi connectivity index (χ1v) is 6.32. The molecule has 0 aromatic carbocycles. The summed E-state index contributed by atoms with van der Waals surface area (Å²) in [7, 11) is 1.38. The van der Waals surface area contributed by atoms with Crippen molar-refractivity contribution in [1.82, 2.24) is 4.98 Å². The van der Waals surface area contributed by atoms with Crippen molar-refractivity contribution in [2.45, 2.75) is 25.7 Å². The Kier molecular flexibility index (Phi) is 4.02. The molecule has 5 heteroatoms. The van der Waals surface area contributed by atoms with Crippen LogP contribution in [0.1, 0.15) is 36.0 Å². The molecule has 1 aromatic heterocycles. The molecule has 98 valence electrons. The van der Waals surface area contributed by atoms with E-state index in [9.17, 15) is 4.79 Å². The molecular formula is C13H19N3O2. The van der Waals surface area contributed by atoms with Crippen LogP contribution in [0.25, 0.3) is 0 Å². The number of nitrogens with zero attached hydrogens (tertiary/aromatic N) is 2. The molecule has 0 atom stereocenters. The summed E-state index contributed by atoms with van der Waals surface area (Å²) in [6.07, 6.45) is 4.70. The average molecular weight is 249 g/mol. The highest BCUT2D eigenvalue weighted by Gasteiger charge is 2.20. The topological polar surface area (TPSA) is 68.5 Å². The van der Waals surface area contributed by atoms with E-state index in [4.69, 9.17) is 10.5 Å². The monoisotopic (exact) mass is 249 g/mol. The van der Waals surface area contributed by atoms with Gasteiger partial charge in [0, 0.05) is 13.1 Å². The maximum absolute atomic E-state index is 11.7. The van der Waals surface area contributed by atoms with Gasteiger partial charge in [-0.1, -0.05) is 12.8 Å². The zero-order valence-corrected chi connectivity index (χ0v) is 10.7. The van der Waals surface area contributed by atoms with Crippen molar-refractivity contribution < 1.29 is 9.53 Å². The first kappa shape index (κ1) is 12.7. The molecule has 1 aliphatic rings. The van der Waals surface area contributed by atoms with E-state index < -0.39 is 0 Å². The predicted octanol–water partition coefficient (Wildman–Crippen LogP) is 1.83. The SMILES string of the molecule is COC(=O)c1ccc(N)nc1N1CCCCCC1. The van der Waals surface area contributed by atoms with Gasteiger partial charge in [-0.05, 0) is 25.0 Å². The maximum Gasteiger partial charge on any atom is 0.341 e. The lowest BCUT2D eigenvalue weighted by Gasteiger charge is -2.23. The molecule has 1 saturated heterocycles. The van der Waals surface area contributed by atoms with E-state index in [0.717, 1.165) is 25.9 Å². The predicted molar refractivity (Wildman–Crippen MR) is 70.7 cm³/mol. The number of carbonyl (C=O) groups is 1. The van der Waals surface area contributed by atoms with E-state index in [2.05, 4.69) is 9.88 Å². The lowest BCUT2D eigenvalue weighted by molar-refractivity contribution is 0.0601. The Labute approximate surface area is 107 Å². The molecule has 0 saturated carbocycles. The van der Waals surface area contributed by atoms with Crippen LogP contribution in [0.15, 0.2) is 12.1 Å². The quantitative estimate of drug-likeness (QED) is 0.810. The summed E-state index contributed by atoms with van der Waals surface area (Å²) < 4.78 is 4.79. The van der Waals surface area contributed by atoms with Gasteiger partial charge in [-0.2, -0.15) is 0 Å². The zero-order chi connectivity index (χ0) is 13.0. The second-order valence-electron chi connectivity index (χ2n) is 4.50. The van der Waals surface area contributed by atoms with Crippen LogP contribution in [0.5, 0.6) is 0 Å². The number of esters is 1. The van der Waals surface area contributed by atoms with Crippen LogP contribution in [0.2, 0.25) is 0 Å². The number of nitrogens with two attached hydrogens (primary N) is 1. The molecule has 0 amide bonds. The average Bonchev–Trinajstić information content (AvgIpc) is 2.66. The molecule has 1 fully saturated rings. The Balaban J connectivity index is 2.33. The normalized spacial score (nSPS) is 16.2. The Bertz CT molecular complexity index is 426. The summed E-state index contributed by atoms with van der Waals surface area (Å²) in [6.45, 7) is 1.83. The summed E-state index contributed by atoms with van der Waals surface area (Å²) in [5.74, 6) is 0.729. The first-order chi connectivity index (χ1) is 8.72. The molecule has 5 nitrogen and oxygen atoms in total. The number of methoxy groups -OCH3 is 1. The van der Waals surface area contributed by atoms with Gasteiger partial charge in [-0.15, -0.1) is 0 Å². The third-order valence-electron chi connectivity index (χ3n) is 3.21. The lowest BCUT2D eigenvalue weighted by Crippen LogP contribution is -2.27. The van der Waals surface area contributed by atoms with Crippen LogP contribution in [0.4, 0.5) is 11.6 Å². The number of anilines is 2. The number of hydrogen-bond donors (Lipinski definition) is 1. The highest BCUT2D eigenvalue weighted by Crippen LogP contribution is 2.23. The van der Waals surface area contributed by atoms with Crippen molar-refractivity contribution in [3.63, 3.8) is 0 Å². The summed E-state index contributed by atoms with van der Waals surface area (Å²) in [5, 5.41) is 0. The van der Waals surface area contributed by atoms with E-state index in [1.807, 2.05) is 0 Å². The molecule has 2 rings (SSSR count). The van der Waals surface area contributed by atoms with E-state index in [1.165, 1.54) is 20.0 Å². The van der Waals surface area contributed by atoms with Gasteiger partial charge in [0.15, 0.2) is 0 Å². The summed E-state index contributed by atoms with van der Waals surface area (Å²) in [4.78, 5) is 18.2. The van der Waals surface area contributed by atoms with Crippen molar-refractivity contribution in [3.8, 4) is 0 Å². The third kappa shape index (κ3) is 2.72. The molecule has 18 heavy (non-hydrogen) atoms. The van der Waals surface area contributed by atoms with Gasteiger partial charge in [-0.25, -0.2) is 9.78 Å². The van der Waals surface area contributed by atoms with Gasteiger partial charge in [0.05, 0.1) is 7.11 Å². The van der Waals surface area contributed by atoms with E-state index >= 15 is 0 Å². The second kappa shape index (κ2) is 5.71. The van der Waals surface area contributed by atoms with Crippen LogP contribution in [-0.2, 0) is 4.74 Å². The molecule has 2 heterocycles. The minimum absolute atomic E-state index is 0.359. The molecule has 1 aromatic rings. The van der Waals surface area contributed by atoms with Gasteiger partial charge >= 0.3 is 5.97 Å². The fraction of sp³-hybridized carbons (Fsp3) is 0.538. The molecule has 0 aliphatic carbocycles. The van der Waals surface area contributed by atoms with E-state index in [-0.39, 0.29) is 5.97 Å². The van der Waals surface area contributed by atoms with Crippen LogP contribution >= 0.6 is 0 Å². The molecular weight excluding hydrogens is 230 g/mol. The molecule has 0 bridgehead atoms. The number of aromatic nitrogens is 1. The van der Waals surface area contributed by atoms with E-state index in [1.54, 1.807) is 12.1 Å². The van der Waals surface area contributed by atoms with Gasteiger partial charge in [0.2, 0.25) is 0 Å². The van der Waals surface area contributed by atoms with E-state index in [0.29, 0.717) is 17.2 Å². The maximum atomic E-state index is 11.7. The number of hydrogen-bond acceptors (Lipinski definition) is 5. The van der Waals surface area contributed by atoms with Crippen molar-refractivity contribution in [2.24, 2.45) is 0 Å². The van der Waals surface area contributed by atoms with Crippen LogP contribution in [0, 0.1) is 0 Å². The summed E-state index contributed by atoms with van der Waals surface area (Å²) in [5.41, 5.74) is 6.22. The number of carbonyl (C=O) groups excluding carboxylic acids is 1. The largest absolute Gasteiger partial charge is 0.465 e. The Hall–Kier alpha value is -1.78. The second-order valence-corrected chi connectivity index (χ2v) is 4.50. The molecule has 2 N–H and O–H groups in total. The first-order valence-electron chi connectivity index (χ1n) is 6.32. The number of rotatable bonds is 2. The Morgan fingerprint density at radius 3 is 2.56 bits per heavy atom. The smallest absolute Gasteiger partial charge is 0.341 e.